The highest BCUT2D eigenvalue weighted by molar-refractivity contribution is 6.04. The molecule has 0 unspecified atom stereocenters. The Balaban J connectivity index is 1.86. The first-order valence-electron chi connectivity index (χ1n) is 8.62. The number of carbonyl (C=O) groups is 3. The largest absolute Gasteiger partial charge is 0.476 e. The van der Waals surface area contributed by atoms with Crippen LogP contribution >= 0.6 is 0 Å². The molecule has 7 heteroatoms. The van der Waals surface area contributed by atoms with Gasteiger partial charge in [0.25, 0.3) is 5.91 Å². The zero-order valence-corrected chi connectivity index (χ0v) is 15.5. The van der Waals surface area contributed by atoms with Crippen LogP contribution in [0.2, 0.25) is 0 Å². The number of hydrogen-bond donors (Lipinski definition) is 2. The smallest absolute Gasteiger partial charge is 0.356 e. The number of Topliss-reactive ketones (excluding diaryl/α,β-unsaturated/α-hetero) is 1. The number of aromatic carboxylic acids is 1. The van der Waals surface area contributed by atoms with Gasteiger partial charge in [-0.15, -0.1) is 0 Å². The number of benzene rings is 2. The van der Waals surface area contributed by atoms with E-state index in [0.29, 0.717) is 11.1 Å². The number of carboxylic acid groups (broad SMARTS) is 1. The van der Waals surface area contributed by atoms with Crippen molar-refractivity contribution < 1.29 is 19.5 Å². The molecule has 0 fully saturated rings. The van der Waals surface area contributed by atoms with Gasteiger partial charge < -0.3 is 10.4 Å². The van der Waals surface area contributed by atoms with Gasteiger partial charge in [0.05, 0.1) is 6.54 Å². The minimum Gasteiger partial charge on any atom is -0.476 e. The van der Waals surface area contributed by atoms with Crippen LogP contribution < -0.4 is 5.32 Å². The Morgan fingerprint density at radius 1 is 1.00 bits per heavy atom. The van der Waals surface area contributed by atoms with E-state index in [1.54, 1.807) is 36.4 Å². The Morgan fingerprint density at radius 2 is 1.61 bits per heavy atom. The Hall–Kier alpha value is -3.74. The highest BCUT2D eigenvalue weighted by atomic mass is 16.4. The van der Waals surface area contributed by atoms with E-state index in [-0.39, 0.29) is 29.7 Å². The van der Waals surface area contributed by atoms with Crippen molar-refractivity contribution in [3.8, 4) is 0 Å². The number of anilines is 1. The molecule has 7 nitrogen and oxygen atoms in total. The van der Waals surface area contributed by atoms with Crippen molar-refractivity contribution >= 4 is 23.5 Å². The third-order valence-corrected chi connectivity index (χ3v) is 4.25. The normalized spacial score (nSPS) is 10.5. The summed E-state index contributed by atoms with van der Waals surface area (Å²) in [6.45, 7) is 3.66. The van der Waals surface area contributed by atoms with Gasteiger partial charge in [0.15, 0.2) is 11.5 Å². The van der Waals surface area contributed by atoms with E-state index < -0.39 is 5.97 Å². The molecule has 2 N–H and O–H groups in total. The molecular weight excluding hydrogens is 358 g/mol. The van der Waals surface area contributed by atoms with Crippen molar-refractivity contribution in [2.24, 2.45) is 0 Å². The first kappa shape index (κ1) is 19.0. The van der Waals surface area contributed by atoms with Gasteiger partial charge in [-0.05, 0) is 31.5 Å². The summed E-state index contributed by atoms with van der Waals surface area (Å²) in [5, 5.41) is 16.0. The molecule has 0 saturated carbocycles. The molecule has 1 heterocycles. The second-order valence-corrected chi connectivity index (χ2v) is 6.45. The van der Waals surface area contributed by atoms with Crippen LogP contribution in [0.25, 0.3) is 0 Å². The molecular formula is C21H19N3O4. The molecule has 142 valence electrons. The van der Waals surface area contributed by atoms with E-state index in [0.717, 1.165) is 11.1 Å². The number of carboxylic acids is 1. The predicted octanol–water partition coefficient (Wildman–Crippen LogP) is 3.39. The maximum Gasteiger partial charge on any atom is 0.356 e. The van der Waals surface area contributed by atoms with E-state index >= 15 is 0 Å². The number of nitrogens with one attached hydrogen (secondary N) is 1. The zero-order valence-electron chi connectivity index (χ0n) is 15.5. The van der Waals surface area contributed by atoms with Crippen LogP contribution in [0.4, 0.5) is 5.82 Å². The number of ketones is 1. The van der Waals surface area contributed by atoms with Crippen LogP contribution in [0.15, 0.2) is 54.6 Å². The van der Waals surface area contributed by atoms with Crippen molar-refractivity contribution in [3.63, 3.8) is 0 Å². The second kappa shape index (κ2) is 7.87. The lowest BCUT2D eigenvalue weighted by molar-refractivity contribution is 0.0689. The van der Waals surface area contributed by atoms with Crippen LogP contribution in [-0.4, -0.2) is 32.5 Å². The quantitative estimate of drug-likeness (QED) is 0.641. The van der Waals surface area contributed by atoms with Crippen molar-refractivity contribution in [3.05, 3.63) is 82.5 Å². The molecule has 0 bridgehead atoms. The van der Waals surface area contributed by atoms with E-state index in [4.69, 9.17) is 0 Å². The number of aromatic nitrogens is 2. The third kappa shape index (κ3) is 4.32. The van der Waals surface area contributed by atoms with Crippen molar-refractivity contribution in [1.82, 2.24) is 9.78 Å². The summed E-state index contributed by atoms with van der Waals surface area (Å²) in [4.78, 5) is 35.2. The maximum atomic E-state index is 12.5. The first-order valence-corrected chi connectivity index (χ1v) is 8.62. The van der Waals surface area contributed by atoms with Crippen LogP contribution in [0.3, 0.4) is 0 Å². The summed E-state index contributed by atoms with van der Waals surface area (Å²) in [6, 6.07) is 15.3. The van der Waals surface area contributed by atoms with Crippen molar-refractivity contribution in [2.45, 2.75) is 20.4 Å². The molecule has 1 aromatic heterocycles. The molecule has 0 atom stereocenters. The van der Waals surface area contributed by atoms with Gasteiger partial charge in [-0.25, -0.2) is 9.48 Å². The lowest BCUT2D eigenvalue weighted by atomic mass is 10.1. The minimum atomic E-state index is -1.18. The average Bonchev–Trinajstić information content (AvgIpc) is 3.05. The molecule has 28 heavy (non-hydrogen) atoms. The maximum absolute atomic E-state index is 12.5. The SMILES string of the molecule is CC(=O)c1ccc(Cn2nc(C(=O)O)cc2NC(=O)c2ccc(C)cc2)cc1. The number of carbonyl (C=O) groups excluding carboxylic acids is 2. The summed E-state index contributed by atoms with van der Waals surface area (Å²) in [5.74, 6) is -1.30. The van der Waals surface area contributed by atoms with Crippen LogP contribution in [0.1, 0.15) is 49.3 Å². The van der Waals surface area contributed by atoms with E-state index in [2.05, 4.69) is 10.4 Å². The number of aryl methyl sites for hydroxylation is 1. The lowest BCUT2D eigenvalue weighted by Gasteiger charge is -2.09. The second-order valence-electron chi connectivity index (χ2n) is 6.45. The zero-order chi connectivity index (χ0) is 20.3. The monoisotopic (exact) mass is 377 g/mol. The van der Waals surface area contributed by atoms with E-state index in [9.17, 15) is 19.5 Å². The molecule has 3 aromatic rings. The summed E-state index contributed by atoms with van der Waals surface area (Å²) < 4.78 is 1.41. The molecule has 2 aromatic carbocycles. The van der Waals surface area contributed by atoms with Gasteiger partial charge in [-0.1, -0.05) is 42.0 Å². The van der Waals surface area contributed by atoms with Crippen LogP contribution in [0, 0.1) is 6.92 Å². The minimum absolute atomic E-state index is 0.0372. The number of hydrogen-bond acceptors (Lipinski definition) is 4. The van der Waals surface area contributed by atoms with Gasteiger partial charge in [0.2, 0.25) is 0 Å². The van der Waals surface area contributed by atoms with Crippen molar-refractivity contribution in [2.75, 3.05) is 5.32 Å². The fourth-order valence-corrected chi connectivity index (χ4v) is 2.65. The number of amides is 1. The van der Waals surface area contributed by atoms with E-state index in [1.807, 2.05) is 19.1 Å². The number of rotatable bonds is 6. The van der Waals surface area contributed by atoms with Gasteiger partial charge in [0, 0.05) is 17.2 Å². The molecule has 0 spiro atoms. The van der Waals surface area contributed by atoms with Gasteiger partial charge >= 0.3 is 5.97 Å². The molecule has 1 amide bonds. The van der Waals surface area contributed by atoms with Crippen LogP contribution in [0.5, 0.6) is 0 Å². The Bertz CT molecular complexity index is 1030. The fourth-order valence-electron chi connectivity index (χ4n) is 2.65. The molecule has 0 radical (unpaired) electrons. The fraction of sp³-hybridized carbons (Fsp3) is 0.143. The summed E-state index contributed by atoms with van der Waals surface area (Å²) in [5.41, 5.74) is 2.73. The van der Waals surface area contributed by atoms with Gasteiger partial charge in [0.1, 0.15) is 5.82 Å². The van der Waals surface area contributed by atoms with Gasteiger partial charge in [-0.2, -0.15) is 5.10 Å². The summed E-state index contributed by atoms with van der Waals surface area (Å²) in [7, 11) is 0. The summed E-state index contributed by atoms with van der Waals surface area (Å²) in [6.07, 6.45) is 0. The Labute approximate surface area is 161 Å². The number of nitrogens with zero attached hydrogens (tertiary/aromatic N) is 2. The Morgan fingerprint density at radius 3 is 2.18 bits per heavy atom. The molecule has 0 aliphatic carbocycles. The Kier molecular flexibility index (Phi) is 5.35. The van der Waals surface area contributed by atoms with Crippen molar-refractivity contribution in [1.29, 1.82) is 0 Å². The van der Waals surface area contributed by atoms with Gasteiger partial charge in [-0.3, -0.25) is 9.59 Å². The van der Waals surface area contributed by atoms with E-state index in [1.165, 1.54) is 17.7 Å². The topological polar surface area (TPSA) is 101 Å². The van der Waals surface area contributed by atoms with Crippen LogP contribution in [-0.2, 0) is 6.54 Å². The molecule has 0 aliphatic rings. The lowest BCUT2D eigenvalue weighted by Crippen LogP contribution is -2.16. The predicted molar refractivity (Wildman–Crippen MR) is 104 cm³/mol. The highest BCUT2D eigenvalue weighted by Gasteiger charge is 2.16. The molecule has 0 saturated heterocycles. The third-order valence-electron chi connectivity index (χ3n) is 4.25. The average molecular weight is 377 g/mol. The molecule has 0 aliphatic heterocycles. The molecule has 3 rings (SSSR count). The highest BCUT2D eigenvalue weighted by Crippen LogP contribution is 2.16. The summed E-state index contributed by atoms with van der Waals surface area (Å²) >= 11 is 0. The first-order chi connectivity index (χ1) is 13.3. The standard InChI is InChI=1S/C21H19N3O4/c1-13-3-7-17(8-4-13)20(26)22-19-11-18(21(27)28)23-24(19)12-15-5-9-16(10-6-15)14(2)25/h3-11H,12H2,1-2H3,(H,22,26)(H,27,28).